The van der Waals surface area contributed by atoms with Crippen LogP contribution in [-0.2, 0) is 17.9 Å². The molecule has 7 nitrogen and oxygen atoms in total. The molecule has 2 aromatic heterocycles. The Kier molecular flexibility index (Phi) is 3.98. The van der Waals surface area contributed by atoms with Gasteiger partial charge in [0.1, 0.15) is 17.6 Å². The lowest BCUT2D eigenvalue weighted by Gasteiger charge is -2.32. The quantitative estimate of drug-likeness (QED) is 0.730. The number of fused-ring (bicyclic) bond motifs is 1. The number of rotatable bonds is 4. The van der Waals surface area contributed by atoms with Crippen molar-refractivity contribution in [3.8, 4) is 0 Å². The van der Waals surface area contributed by atoms with Gasteiger partial charge in [-0.25, -0.2) is 4.98 Å². The lowest BCUT2D eigenvalue weighted by Crippen LogP contribution is -2.41. The minimum absolute atomic E-state index is 0.0939. The van der Waals surface area contributed by atoms with E-state index in [-0.39, 0.29) is 12.5 Å². The predicted octanol–water partition coefficient (Wildman–Crippen LogP) is 1.57. The van der Waals surface area contributed by atoms with E-state index in [1.807, 2.05) is 41.7 Å². The molecule has 1 saturated heterocycles. The molecule has 0 spiro atoms. The Hall–Kier alpha value is -2.70. The first-order chi connectivity index (χ1) is 11.8. The maximum absolute atomic E-state index is 12.5. The highest BCUT2D eigenvalue weighted by Crippen LogP contribution is 2.19. The standard InChI is InChI=1S/C17H20N6O/c24-17(12-23-19-15-3-1-2-4-16(15)20-23)22-8-5-14(6-9-22)11-21-10-7-18-13-21/h1-4,7,10,13-14H,5-6,8-9,11-12H2. The first-order valence-electron chi connectivity index (χ1n) is 8.31. The fourth-order valence-corrected chi connectivity index (χ4v) is 3.25. The molecule has 0 unspecified atom stereocenters. The summed E-state index contributed by atoms with van der Waals surface area (Å²) < 4.78 is 2.11. The lowest BCUT2D eigenvalue weighted by molar-refractivity contribution is -0.133. The molecule has 1 aliphatic rings. The highest BCUT2D eigenvalue weighted by atomic mass is 16.2. The molecule has 7 heteroatoms. The molecule has 0 saturated carbocycles. The second-order valence-electron chi connectivity index (χ2n) is 6.30. The molecule has 1 aliphatic heterocycles. The molecule has 1 amide bonds. The highest BCUT2D eigenvalue weighted by molar-refractivity contribution is 5.77. The van der Waals surface area contributed by atoms with E-state index >= 15 is 0 Å². The monoisotopic (exact) mass is 324 g/mol. The van der Waals surface area contributed by atoms with Gasteiger partial charge < -0.3 is 9.47 Å². The zero-order chi connectivity index (χ0) is 16.4. The highest BCUT2D eigenvalue weighted by Gasteiger charge is 2.23. The van der Waals surface area contributed by atoms with Crippen molar-refractivity contribution in [2.24, 2.45) is 5.92 Å². The number of benzene rings is 1. The fraction of sp³-hybridized carbons (Fsp3) is 0.412. The third kappa shape index (κ3) is 3.15. The number of aromatic nitrogens is 5. The predicted molar refractivity (Wildman–Crippen MR) is 89.1 cm³/mol. The number of hydrogen-bond donors (Lipinski definition) is 0. The molecule has 4 rings (SSSR count). The fourth-order valence-electron chi connectivity index (χ4n) is 3.25. The number of imidazole rings is 1. The lowest BCUT2D eigenvalue weighted by atomic mass is 9.96. The number of carbonyl (C=O) groups is 1. The van der Waals surface area contributed by atoms with Gasteiger partial charge in [-0.1, -0.05) is 12.1 Å². The summed E-state index contributed by atoms with van der Waals surface area (Å²) >= 11 is 0. The van der Waals surface area contributed by atoms with E-state index in [2.05, 4.69) is 19.7 Å². The van der Waals surface area contributed by atoms with Crippen molar-refractivity contribution >= 4 is 16.9 Å². The van der Waals surface area contributed by atoms with Gasteiger partial charge in [0.05, 0.1) is 6.33 Å². The summed E-state index contributed by atoms with van der Waals surface area (Å²) in [5.74, 6) is 0.699. The number of piperidine rings is 1. The third-order valence-corrected chi connectivity index (χ3v) is 4.60. The molecular formula is C17H20N6O. The van der Waals surface area contributed by atoms with Crippen LogP contribution in [0.3, 0.4) is 0 Å². The van der Waals surface area contributed by atoms with Gasteiger partial charge in [-0.05, 0) is 30.9 Å². The minimum atomic E-state index is 0.0939. The number of amides is 1. The Labute approximate surface area is 139 Å². The van der Waals surface area contributed by atoms with Crippen molar-refractivity contribution in [1.29, 1.82) is 0 Å². The van der Waals surface area contributed by atoms with Gasteiger partial charge in [0, 0.05) is 32.0 Å². The molecule has 0 atom stereocenters. The molecule has 124 valence electrons. The van der Waals surface area contributed by atoms with Gasteiger partial charge in [-0.15, -0.1) is 0 Å². The molecule has 1 fully saturated rings. The van der Waals surface area contributed by atoms with E-state index in [1.165, 1.54) is 4.80 Å². The summed E-state index contributed by atoms with van der Waals surface area (Å²) in [4.78, 5) is 20.0. The van der Waals surface area contributed by atoms with E-state index in [1.54, 1.807) is 6.20 Å². The van der Waals surface area contributed by atoms with Gasteiger partial charge in [0.15, 0.2) is 0 Å². The number of hydrogen-bond acceptors (Lipinski definition) is 4. The van der Waals surface area contributed by atoms with Crippen molar-refractivity contribution in [2.75, 3.05) is 13.1 Å². The van der Waals surface area contributed by atoms with E-state index in [0.29, 0.717) is 5.92 Å². The van der Waals surface area contributed by atoms with Gasteiger partial charge in [-0.3, -0.25) is 4.79 Å². The average Bonchev–Trinajstić information content (AvgIpc) is 3.24. The molecule has 0 bridgehead atoms. The summed E-state index contributed by atoms with van der Waals surface area (Å²) in [6, 6.07) is 7.66. The maximum Gasteiger partial charge on any atom is 0.246 e. The first-order valence-corrected chi connectivity index (χ1v) is 8.31. The Morgan fingerprint density at radius 1 is 1.12 bits per heavy atom. The Morgan fingerprint density at radius 3 is 2.46 bits per heavy atom. The summed E-state index contributed by atoms with van der Waals surface area (Å²) in [6.45, 7) is 2.80. The summed E-state index contributed by atoms with van der Waals surface area (Å²) in [7, 11) is 0. The van der Waals surface area contributed by atoms with Crippen molar-refractivity contribution in [3.63, 3.8) is 0 Å². The molecule has 3 aromatic rings. The zero-order valence-corrected chi connectivity index (χ0v) is 13.5. The van der Waals surface area contributed by atoms with Crippen LogP contribution in [0.25, 0.3) is 11.0 Å². The largest absolute Gasteiger partial charge is 0.341 e. The zero-order valence-electron chi connectivity index (χ0n) is 13.5. The minimum Gasteiger partial charge on any atom is -0.341 e. The molecule has 24 heavy (non-hydrogen) atoms. The van der Waals surface area contributed by atoms with Crippen LogP contribution < -0.4 is 0 Å². The topological polar surface area (TPSA) is 68.8 Å². The Bertz CT molecular complexity index is 784. The van der Waals surface area contributed by atoms with E-state index in [4.69, 9.17) is 0 Å². The molecule has 0 aliphatic carbocycles. The molecule has 3 heterocycles. The second kappa shape index (κ2) is 6.43. The van der Waals surface area contributed by atoms with Crippen molar-refractivity contribution < 1.29 is 4.79 Å². The summed E-state index contributed by atoms with van der Waals surface area (Å²) in [5, 5.41) is 8.72. The van der Waals surface area contributed by atoms with Crippen LogP contribution in [0, 0.1) is 5.92 Å². The molecular weight excluding hydrogens is 304 g/mol. The molecule has 0 radical (unpaired) electrons. The number of likely N-dealkylation sites (tertiary alicyclic amines) is 1. The Morgan fingerprint density at radius 2 is 1.83 bits per heavy atom. The van der Waals surface area contributed by atoms with Crippen LogP contribution in [0.5, 0.6) is 0 Å². The van der Waals surface area contributed by atoms with Crippen LogP contribution in [-0.4, -0.2) is 48.4 Å². The maximum atomic E-state index is 12.5. The summed E-state index contributed by atoms with van der Waals surface area (Å²) in [6.07, 6.45) is 7.70. The van der Waals surface area contributed by atoms with E-state index < -0.39 is 0 Å². The van der Waals surface area contributed by atoms with Crippen LogP contribution in [0.1, 0.15) is 12.8 Å². The van der Waals surface area contributed by atoms with Gasteiger partial charge >= 0.3 is 0 Å². The number of carbonyl (C=O) groups excluding carboxylic acids is 1. The van der Waals surface area contributed by atoms with Gasteiger partial charge in [-0.2, -0.15) is 15.0 Å². The second-order valence-corrected chi connectivity index (χ2v) is 6.30. The Balaban J connectivity index is 1.32. The van der Waals surface area contributed by atoms with E-state index in [9.17, 15) is 4.79 Å². The van der Waals surface area contributed by atoms with Crippen LogP contribution in [0.4, 0.5) is 0 Å². The van der Waals surface area contributed by atoms with Crippen molar-refractivity contribution in [1.82, 2.24) is 29.4 Å². The van der Waals surface area contributed by atoms with Crippen molar-refractivity contribution in [2.45, 2.75) is 25.9 Å². The van der Waals surface area contributed by atoms with Crippen LogP contribution >= 0.6 is 0 Å². The summed E-state index contributed by atoms with van der Waals surface area (Å²) in [5.41, 5.74) is 1.65. The van der Waals surface area contributed by atoms with Gasteiger partial charge in [0.25, 0.3) is 0 Å². The SMILES string of the molecule is O=C(Cn1nc2ccccc2n1)N1CCC(Cn2ccnc2)CC1. The van der Waals surface area contributed by atoms with Crippen LogP contribution in [0.2, 0.25) is 0 Å². The average molecular weight is 324 g/mol. The molecule has 1 aromatic carbocycles. The van der Waals surface area contributed by atoms with Gasteiger partial charge in [0.2, 0.25) is 5.91 Å². The molecule has 0 N–H and O–H groups in total. The first kappa shape index (κ1) is 14.9. The third-order valence-electron chi connectivity index (χ3n) is 4.60. The van der Waals surface area contributed by atoms with Crippen LogP contribution in [0.15, 0.2) is 43.0 Å². The number of nitrogens with zero attached hydrogens (tertiary/aromatic N) is 6. The van der Waals surface area contributed by atoms with E-state index in [0.717, 1.165) is 43.5 Å². The normalized spacial score (nSPS) is 15.9. The van der Waals surface area contributed by atoms with Crippen molar-refractivity contribution in [3.05, 3.63) is 43.0 Å². The smallest absolute Gasteiger partial charge is 0.246 e.